The molecule has 0 saturated heterocycles. The summed E-state index contributed by atoms with van der Waals surface area (Å²) in [5.41, 5.74) is 6.06. The quantitative estimate of drug-likeness (QED) is 0.733. The van der Waals surface area contributed by atoms with Gasteiger partial charge in [0, 0.05) is 6.04 Å². The molecule has 13 heavy (non-hydrogen) atoms. The lowest BCUT2D eigenvalue weighted by Gasteiger charge is -2.36. The number of aromatic nitrogens is 3. The highest BCUT2D eigenvalue weighted by molar-refractivity contribution is 5.12. The van der Waals surface area contributed by atoms with Gasteiger partial charge in [-0.15, -0.1) is 10.2 Å². The van der Waals surface area contributed by atoms with Crippen molar-refractivity contribution in [2.24, 2.45) is 5.73 Å². The van der Waals surface area contributed by atoms with Gasteiger partial charge in [0.05, 0.1) is 5.54 Å². The third-order valence-corrected chi connectivity index (χ3v) is 3.20. The predicted molar refractivity (Wildman–Crippen MR) is 48.0 cm³/mol. The van der Waals surface area contributed by atoms with Gasteiger partial charge in [-0.3, -0.25) is 0 Å². The van der Waals surface area contributed by atoms with E-state index < -0.39 is 0 Å². The molecular formula is C9H14N4. The van der Waals surface area contributed by atoms with Crippen molar-refractivity contribution < 1.29 is 0 Å². The fourth-order valence-electron chi connectivity index (χ4n) is 2.00. The lowest BCUT2D eigenvalue weighted by atomic mass is 9.77. The Morgan fingerprint density at radius 3 is 2.77 bits per heavy atom. The molecule has 70 valence electrons. The van der Waals surface area contributed by atoms with Gasteiger partial charge < -0.3 is 10.3 Å². The summed E-state index contributed by atoms with van der Waals surface area (Å²) in [6.45, 7) is 0. The van der Waals surface area contributed by atoms with Crippen LogP contribution in [-0.2, 0) is 5.54 Å². The summed E-state index contributed by atoms with van der Waals surface area (Å²) in [5, 5.41) is 8.12. The molecule has 0 amide bonds. The van der Waals surface area contributed by atoms with Crippen LogP contribution in [0, 0.1) is 0 Å². The number of hydrogen-bond acceptors (Lipinski definition) is 3. The van der Waals surface area contributed by atoms with Crippen molar-refractivity contribution in [2.75, 3.05) is 0 Å². The van der Waals surface area contributed by atoms with E-state index in [1.54, 1.807) is 0 Å². The van der Waals surface area contributed by atoms with Gasteiger partial charge in [0.2, 0.25) is 0 Å². The SMILES string of the molecule is NC1(c2nncn2C2CC2)CCC1. The molecule has 1 aromatic rings. The average molecular weight is 178 g/mol. The average Bonchev–Trinajstić information content (AvgIpc) is 2.80. The Balaban J connectivity index is 1.98. The summed E-state index contributed by atoms with van der Waals surface area (Å²) < 4.78 is 2.18. The highest BCUT2D eigenvalue weighted by Crippen LogP contribution is 2.42. The van der Waals surface area contributed by atoms with E-state index in [0.29, 0.717) is 6.04 Å². The van der Waals surface area contributed by atoms with E-state index in [1.807, 2.05) is 6.33 Å². The van der Waals surface area contributed by atoms with Crippen molar-refractivity contribution in [3.8, 4) is 0 Å². The van der Waals surface area contributed by atoms with E-state index in [1.165, 1.54) is 19.3 Å². The maximum atomic E-state index is 6.21. The van der Waals surface area contributed by atoms with Gasteiger partial charge in [-0.2, -0.15) is 0 Å². The third-order valence-electron chi connectivity index (χ3n) is 3.20. The molecule has 0 radical (unpaired) electrons. The molecule has 0 aromatic carbocycles. The number of hydrogen-bond donors (Lipinski definition) is 1. The Hall–Kier alpha value is -0.900. The first-order chi connectivity index (χ1) is 6.30. The molecule has 4 heteroatoms. The fraction of sp³-hybridized carbons (Fsp3) is 0.778. The number of nitrogens with zero attached hydrogens (tertiary/aromatic N) is 3. The summed E-state index contributed by atoms with van der Waals surface area (Å²) in [6.07, 6.45) is 7.73. The molecule has 2 fully saturated rings. The van der Waals surface area contributed by atoms with Crippen molar-refractivity contribution in [3.05, 3.63) is 12.2 Å². The van der Waals surface area contributed by atoms with Crippen molar-refractivity contribution in [1.82, 2.24) is 14.8 Å². The molecule has 0 atom stereocenters. The van der Waals surface area contributed by atoms with Crippen LogP contribution in [0.1, 0.15) is 44.0 Å². The molecule has 1 aromatic heterocycles. The van der Waals surface area contributed by atoms with Crippen LogP contribution in [-0.4, -0.2) is 14.8 Å². The first-order valence-electron chi connectivity index (χ1n) is 4.98. The molecule has 4 nitrogen and oxygen atoms in total. The highest BCUT2D eigenvalue weighted by Gasteiger charge is 2.41. The molecule has 0 unspecified atom stereocenters. The van der Waals surface area contributed by atoms with Crippen LogP contribution in [0.3, 0.4) is 0 Å². The smallest absolute Gasteiger partial charge is 0.153 e. The zero-order valence-electron chi connectivity index (χ0n) is 7.61. The summed E-state index contributed by atoms with van der Waals surface area (Å²) in [5.74, 6) is 1.02. The predicted octanol–water partition coefficient (Wildman–Crippen LogP) is 0.951. The largest absolute Gasteiger partial charge is 0.319 e. The first kappa shape index (κ1) is 7.50. The molecule has 2 aliphatic rings. The molecule has 0 spiro atoms. The second-order valence-electron chi connectivity index (χ2n) is 4.30. The fourth-order valence-corrected chi connectivity index (χ4v) is 2.00. The highest BCUT2D eigenvalue weighted by atomic mass is 15.3. The molecule has 0 aliphatic heterocycles. The lowest BCUT2D eigenvalue weighted by Crippen LogP contribution is -2.45. The van der Waals surface area contributed by atoms with Gasteiger partial charge in [-0.05, 0) is 32.1 Å². The van der Waals surface area contributed by atoms with Gasteiger partial charge in [-0.25, -0.2) is 0 Å². The normalized spacial score (nSPS) is 25.6. The Morgan fingerprint density at radius 1 is 1.46 bits per heavy atom. The van der Waals surface area contributed by atoms with E-state index in [9.17, 15) is 0 Å². The first-order valence-corrected chi connectivity index (χ1v) is 4.98. The van der Waals surface area contributed by atoms with Crippen molar-refractivity contribution >= 4 is 0 Å². The van der Waals surface area contributed by atoms with Crippen LogP contribution >= 0.6 is 0 Å². The number of nitrogens with two attached hydrogens (primary N) is 1. The van der Waals surface area contributed by atoms with E-state index in [2.05, 4.69) is 14.8 Å². The van der Waals surface area contributed by atoms with Gasteiger partial charge >= 0.3 is 0 Å². The molecule has 2 N–H and O–H groups in total. The van der Waals surface area contributed by atoms with E-state index in [0.717, 1.165) is 18.7 Å². The summed E-state index contributed by atoms with van der Waals surface area (Å²) in [7, 11) is 0. The van der Waals surface area contributed by atoms with Gasteiger partial charge in [0.25, 0.3) is 0 Å². The molecule has 2 saturated carbocycles. The second-order valence-corrected chi connectivity index (χ2v) is 4.30. The minimum atomic E-state index is -0.154. The lowest BCUT2D eigenvalue weighted by molar-refractivity contribution is 0.229. The molecule has 3 rings (SSSR count). The van der Waals surface area contributed by atoms with Gasteiger partial charge in [-0.1, -0.05) is 0 Å². The zero-order chi connectivity index (χ0) is 8.89. The summed E-state index contributed by atoms with van der Waals surface area (Å²) in [4.78, 5) is 0. The van der Waals surface area contributed by atoms with Crippen LogP contribution in [0.5, 0.6) is 0 Å². The standard InChI is InChI=1S/C9H14N4/c10-9(4-1-5-9)8-12-11-6-13(8)7-2-3-7/h6-7H,1-5,10H2. The van der Waals surface area contributed by atoms with E-state index in [-0.39, 0.29) is 5.54 Å². The van der Waals surface area contributed by atoms with E-state index in [4.69, 9.17) is 5.73 Å². The Morgan fingerprint density at radius 2 is 2.23 bits per heavy atom. The topological polar surface area (TPSA) is 56.7 Å². The van der Waals surface area contributed by atoms with Crippen molar-refractivity contribution in [2.45, 2.75) is 43.7 Å². The third kappa shape index (κ3) is 1.01. The van der Waals surface area contributed by atoms with Crippen LogP contribution in [0.2, 0.25) is 0 Å². The maximum absolute atomic E-state index is 6.21. The summed E-state index contributed by atoms with van der Waals surface area (Å²) in [6, 6.07) is 0.644. The molecule has 1 heterocycles. The van der Waals surface area contributed by atoms with Crippen LogP contribution in [0.4, 0.5) is 0 Å². The van der Waals surface area contributed by atoms with Crippen LogP contribution < -0.4 is 5.73 Å². The van der Waals surface area contributed by atoms with Gasteiger partial charge in [0.15, 0.2) is 5.82 Å². The van der Waals surface area contributed by atoms with Crippen LogP contribution in [0.15, 0.2) is 6.33 Å². The Bertz CT molecular complexity index is 322. The molecule has 0 bridgehead atoms. The second kappa shape index (κ2) is 2.32. The maximum Gasteiger partial charge on any atom is 0.153 e. The van der Waals surface area contributed by atoms with Crippen molar-refractivity contribution in [3.63, 3.8) is 0 Å². The molecule has 2 aliphatic carbocycles. The minimum Gasteiger partial charge on any atom is -0.319 e. The monoisotopic (exact) mass is 178 g/mol. The van der Waals surface area contributed by atoms with Crippen LogP contribution in [0.25, 0.3) is 0 Å². The van der Waals surface area contributed by atoms with Gasteiger partial charge in [0.1, 0.15) is 6.33 Å². The Kier molecular flexibility index (Phi) is 1.34. The van der Waals surface area contributed by atoms with E-state index >= 15 is 0 Å². The summed E-state index contributed by atoms with van der Waals surface area (Å²) >= 11 is 0. The zero-order valence-corrected chi connectivity index (χ0v) is 7.61. The van der Waals surface area contributed by atoms with Crippen molar-refractivity contribution in [1.29, 1.82) is 0 Å². The minimum absolute atomic E-state index is 0.154. The Labute approximate surface area is 77.1 Å². The molecular weight excluding hydrogens is 164 g/mol. The number of rotatable bonds is 2.